The van der Waals surface area contributed by atoms with E-state index < -0.39 is 0 Å². The molecule has 3 aromatic rings. The van der Waals surface area contributed by atoms with Crippen LogP contribution in [0.3, 0.4) is 0 Å². The maximum absolute atomic E-state index is 13.2. The van der Waals surface area contributed by atoms with Crippen LogP contribution in [-0.4, -0.2) is 9.97 Å². The molecule has 0 amide bonds. The molecule has 0 atom stereocenters. The van der Waals surface area contributed by atoms with Crippen LogP contribution in [0.4, 0.5) is 4.39 Å². The first kappa shape index (κ1) is 20.4. The van der Waals surface area contributed by atoms with Gasteiger partial charge in [0, 0.05) is 23.5 Å². The fraction of sp³-hybridized carbons (Fsp3) is 0. The number of benzene rings is 1. The molecule has 144 valence electrons. The van der Waals surface area contributed by atoms with Gasteiger partial charge >= 0.3 is 0 Å². The molecule has 8 heteroatoms. The summed E-state index contributed by atoms with van der Waals surface area (Å²) in [6, 6.07) is 14.3. The third kappa shape index (κ3) is 5.35. The summed E-state index contributed by atoms with van der Waals surface area (Å²) < 4.78 is 19.1. The number of rotatable bonds is 6. The van der Waals surface area contributed by atoms with Gasteiger partial charge in [-0.15, -0.1) is 0 Å². The van der Waals surface area contributed by atoms with Gasteiger partial charge in [-0.1, -0.05) is 18.2 Å². The summed E-state index contributed by atoms with van der Waals surface area (Å²) in [5.41, 5.74) is 8.03. The fourth-order valence-corrected chi connectivity index (χ4v) is 3.11. The zero-order valence-electron chi connectivity index (χ0n) is 15.0. The zero-order chi connectivity index (χ0) is 20.8. The van der Waals surface area contributed by atoms with E-state index >= 15 is 0 Å². The molecule has 0 saturated heterocycles. The average Bonchev–Trinajstić information content (AvgIpc) is 2.74. The molecule has 2 aromatic heterocycles. The highest BCUT2D eigenvalue weighted by atomic mass is 35.5. The van der Waals surface area contributed by atoms with Gasteiger partial charge in [-0.3, -0.25) is 0 Å². The molecule has 0 aliphatic heterocycles. The average molecular weight is 425 g/mol. The Hall–Kier alpha value is -3.34. The summed E-state index contributed by atoms with van der Waals surface area (Å²) in [4.78, 5) is 8.27. The lowest BCUT2D eigenvalue weighted by Crippen LogP contribution is -2.04. The molecule has 0 fully saturated rings. The minimum Gasteiger partial charge on any atom is -0.448 e. The van der Waals surface area contributed by atoms with Crippen molar-refractivity contribution >= 4 is 34.8 Å². The van der Waals surface area contributed by atoms with Gasteiger partial charge in [0.15, 0.2) is 5.09 Å². The molecule has 0 aliphatic rings. The second-order valence-corrected chi connectivity index (χ2v) is 7.12. The van der Waals surface area contributed by atoms with Gasteiger partial charge in [0.1, 0.15) is 28.4 Å². The first-order valence-corrected chi connectivity index (χ1v) is 9.44. The van der Waals surface area contributed by atoms with Crippen molar-refractivity contribution in [1.82, 2.24) is 9.97 Å². The van der Waals surface area contributed by atoms with Gasteiger partial charge in [-0.2, -0.15) is 5.26 Å². The number of nitrogens with zero attached hydrogens (tertiary/aromatic N) is 3. The molecule has 2 N–H and O–H groups in total. The van der Waals surface area contributed by atoms with Crippen LogP contribution in [-0.2, 0) is 4.74 Å². The second-order valence-electron chi connectivity index (χ2n) is 5.69. The molecule has 5 nitrogen and oxygen atoms in total. The maximum Gasteiger partial charge on any atom is 0.190 e. The number of aromatic nitrogens is 2. The standard InChI is InChI=1S/C21H14ClFN4OS/c1-13(14-2-6-17(23)7-3-14)28-21(29-19-9-5-16(22)12-27-19)20(25)15-4-8-18(10-24)26-11-15/h2-9,11-12H,1,25H2/b21-20+. The molecule has 0 spiro atoms. The van der Waals surface area contributed by atoms with Crippen LogP contribution in [0.5, 0.6) is 0 Å². The van der Waals surface area contributed by atoms with Crippen LogP contribution in [0.1, 0.15) is 16.8 Å². The SMILES string of the molecule is C=C(O/C(Sc1ccc(Cl)cn1)=C(\N)c1ccc(C#N)nc1)c1ccc(F)cc1. The van der Waals surface area contributed by atoms with Crippen molar-refractivity contribution in [2.45, 2.75) is 5.03 Å². The molecule has 1 aromatic carbocycles. The maximum atomic E-state index is 13.2. The highest BCUT2D eigenvalue weighted by Crippen LogP contribution is 2.34. The number of nitrogens with two attached hydrogens (primary N) is 1. The summed E-state index contributed by atoms with van der Waals surface area (Å²) in [5.74, 6) is -0.0776. The van der Waals surface area contributed by atoms with Crippen LogP contribution in [0.2, 0.25) is 5.02 Å². The Kier molecular flexibility index (Phi) is 6.50. The molecule has 29 heavy (non-hydrogen) atoms. The first-order valence-electron chi connectivity index (χ1n) is 8.24. The van der Waals surface area contributed by atoms with E-state index in [1.54, 1.807) is 36.4 Å². The smallest absolute Gasteiger partial charge is 0.190 e. The van der Waals surface area contributed by atoms with E-state index in [0.29, 0.717) is 26.3 Å². The summed E-state index contributed by atoms with van der Waals surface area (Å²) in [6.45, 7) is 3.91. The Morgan fingerprint density at radius 2 is 1.79 bits per heavy atom. The van der Waals surface area contributed by atoms with Crippen LogP contribution in [0.15, 0.2) is 77.6 Å². The summed E-state index contributed by atoms with van der Waals surface area (Å²) >= 11 is 7.06. The Balaban J connectivity index is 1.95. The molecule has 0 aliphatic carbocycles. The molecule has 3 rings (SSSR count). The molecule has 2 heterocycles. The van der Waals surface area contributed by atoms with Gasteiger partial charge in [-0.25, -0.2) is 14.4 Å². The molecular weight excluding hydrogens is 411 g/mol. The second kappa shape index (κ2) is 9.24. The van der Waals surface area contributed by atoms with Crippen LogP contribution >= 0.6 is 23.4 Å². The van der Waals surface area contributed by atoms with Crippen molar-refractivity contribution in [2.75, 3.05) is 0 Å². The monoisotopic (exact) mass is 424 g/mol. The van der Waals surface area contributed by atoms with Crippen molar-refractivity contribution in [1.29, 1.82) is 5.26 Å². The van der Waals surface area contributed by atoms with E-state index in [2.05, 4.69) is 16.5 Å². The molecular formula is C21H14ClFN4OS. The lowest BCUT2D eigenvalue weighted by atomic mass is 10.2. The largest absolute Gasteiger partial charge is 0.448 e. The van der Waals surface area contributed by atoms with Crippen molar-refractivity contribution in [3.8, 4) is 6.07 Å². The predicted octanol–water partition coefficient (Wildman–Crippen LogP) is 5.21. The Labute approximate surface area is 176 Å². The van der Waals surface area contributed by atoms with E-state index in [0.717, 1.165) is 0 Å². The molecule has 0 radical (unpaired) electrons. The highest BCUT2D eigenvalue weighted by Gasteiger charge is 2.14. The predicted molar refractivity (Wildman–Crippen MR) is 112 cm³/mol. The van der Waals surface area contributed by atoms with Crippen LogP contribution in [0, 0.1) is 17.1 Å². The summed E-state index contributed by atoms with van der Waals surface area (Å²) in [7, 11) is 0. The lowest BCUT2D eigenvalue weighted by molar-refractivity contribution is 0.424. The summed E-state index contributed by atoms with van der Waals surface area (Å²) in [5, 5.41) is 10.3. The van der Waals surface area contributed by atoms with E-state index in [1.807, 2.05) is 6.07 Å². The van der Waals surface area contributed by atoms with Crippen LogP contribution < -0.4 is 5.73 Å². The third-order valence-corrected chi connectivity index (χ3v) is 4.85. The number of ether oxygens (including phenoxy) is 1. The Bertz CT molecular complexity index is 1090. The van der Waals surface area contributed by atoms with Crippen molar-refractivity contribution in [3.63, 3.8) is 0 Å². The van der Waals surface area contributed by atoms with Crippen molar-refractivity contribution in [3.05, 3.63) is 100 Å². The minimum atomic E-state index is -0.361. The molecule has 0 bridgehead atoms. The Morgan fingerprint density at radius 1 is 1.07 bits per heavy atom. The van der Waals surface area contributed by atoms with E-state index in [1.165, 1.54) is 36.3 Å². The number of halogens is 2. The van der Waals surface area contributed by atoms with Gasteiger partial charge in [-0.05, 0) is 60.3 Å². The fourth-order valence-electron chi connectivity index (χ4n) is 2.19. The minimum absolute atomic E-state index is 0.270. The third-order valence-electron chi connectivity index (χ3n) is 3.69. The van der Waals surface area contributed by atoms with E-state index in [4.69, 9.17) is 27.3 Å². The highest BCUT2D eigenvalue weighted by molar-refractivity contribution is 8.03. The van der Waals surface area contributed by atoms with Gasteiger partial charge in [0.05, 0.1) is 10.7 Å². The summed E-state index contributed by atoms with van der Waals surface area (Å²) in [6.07, 6.45) is 2.99. The number of hydrogen-bond acceptors (Lipinski definition) is 6. The zero-order valence-corrected chi connectivity index (χ0v) is 16.5. The number of hydrogen-bond donors (Lipinski definition) is 1. The van der Waals surface area contributed by atoms with Crippen molar-refractivity contribution in [2.24, 2.45) is 5.73 Å². The number of thioether (sulfide) groups is 1. The van der Waals surface area contributed by atoms with Crippen LogP contribution in [0.25, 0.3) is 11.5 Å². The normalized spacial score (nSPS) is 11.3. The van der Waals surface area contributed by atoms with E-state index in [9.17, 15) is 4.39 Å². The van der Waals surface area contributed by atoms with E-state index in [-0.39, 0.29) is 23.0 Å². The number of pyridine rings is 2. The Morgan fingerprint density at radius 3 is 2.38 bits per heavy atom. The topological polar surface area (TPSA) is 84.8 Å². The lowest BCUT2D eigenvalue weighted by Gasteiger charge is -2.15. The van der Waals surface area contributed by atoms with Gasteiger partial charge in [0.25, 0.3) is 0 Å². The molecule has 0 saturated carbocycles. The first-order chi connectivity index (χ1) is 14.0. The van der Waals surface area contributed by atoms with Crippen molar-refractivity contribution < 1.29 is 9.13 Å². The molecule has 0 unspecified atom stereocenters. The van der Waals surface area contributed by atoms with Gasteiger partial charge in [0.2, 0.25) is 0 Å². The van der Waals surface area contributed by atoms with Gasteiger partial charge < -0.3 is 10.5 Å². The number of nitriles is 1. The quantitative estimate of drug-likeness (QED) is 0.432.